The van der Waals surface area contributed by atoms with Crippen LogP contribution in [-0.2, 0) is 4.65 Å². The molecule has 0 amide bonds. The number of aryl methyl sites for hydroxylation is 1. The molecule has 0 spiro atoms. The molecule has 0 aliphatic heterocycles. The van der Waals surface area contributed by atoms with Crippen molar-refractivity contribution >= 4 is 18.3 Å². The Kier molecular flexibility index (Phi) is 6.02. The second-order valence-corrected chi connectivity index (χ2v) is 7.14. The summed E-state index contributed by atoms with van der Waals surface area (Å²) in [4.78, 5) is 10.7. The van der Waals surface area contributed by atoms with Gasteiger partial charge in [0.05, 0.1) is 22.2 Å². The summed E-state index contributed by atoms with van der Waals surface area (Å²) in [5.41, 5.74) is -1.55. The molecule has 134 valence electrons. The van der Waals surface area contributed by atoms with Crippen LogP contribution in [0, 0.1) is 17.0 Å². The first-order valence-electron chi connectivity index (χ1n) is 7.80. The lowest BCUT2D eigenvalue weighted by molar-refractivity contribution is -0.386. The van der Waals surface area contributed by atoms with Gasteiger partial charge in [0.1, 0.15) is 0 Å². The number of nitrogens with zero attached hydrogens (tertiary/aromatic N) is 1. The average Bonchev–Trinajstić information content (AvgIpc) is 2.37. The fourth-order valence-corrected chi connectivity index (χ4v) is 1.93. The van der Waals surface area contributed by atoms with Crippen molar-refractivity contribution in [3.8, 4) is 5.75 Å². The van der Waals surface area contributed by atoms with Crippen LogP contribution in [0.4, 0.5) is 5.69 Å². The molecule has 0 aromatic heterocycles. The number of benzene rings is 1. The van der Waals surface area contributed by atoms with Gasteiger partial charge in [-0.1, -0.05) is 0 Å². The Bertz CT molecular complexity index is 609. The van der Waals surface area contributed by atoms with Crippen LogP contribution in [-0.4, -0.2) is 39.5 Å². The normalized spacial score (nSPS) is 12.4. The fourth-order valence-electron chi connectivity index (χ4n) is 1.93. The number of ether oxygens (including phenoxy) is 1. The summed E-state index contributed by atoms with van der Waals surface area (Å²) in [5, 5.41) is 31.8. The van der Waals surface area contributed by atoms with E-state index >= 15 is 0 Å². The van der Waals surface area contributed by atoms with E-state index in [9.17, 15) is 20.2 Å². The zero-order chi connectivity index (χ0) is 18.9. The Balaban J connectivity index is 3.26. The highest BCUT2D eigenvalue weighted by Crippen LogP contribution is 2.29. The monoisotopic (exact) mass is 339 g/mol. The molecule has 0 radical (unpaired) electrons. The molecule has 1 aromatic rings. The van der Waals surface area contributed by atoms with E-state index in [1.54, 1.807) is 48.5 Å². The summed E-state index contributed by atoms with van der Waals surface area (Å²) in [6.45, 7) is 11.6. The number of nitro groups is 1. The predicted molar refractivity (Wildman–Crippen MR) is 92.7 cm³/mol. The molecule has 2 N–H and O–H groups in total. The predicted octanol–water partition coefficient (Wildman–Crippen LogP) is 1.94. The van der Waals surface area contributed by atoms with E-state index in [4.69, 9.17) is 9.39 Å². The molecule has 0 heterocycles. The molecule has 0 saturated heterocycles. The van der Waals surface area contributed by atoms with Gasteiger partial charge in [-0.25, -0.2) is 0 Å². The average molecular weight is 339 g/mol. The maximum atomic E-state index is 11.2. The summed E-state index contributed by atoms with van der Waals surface area (Å²) in [5.74, 6) is 0.0688. The number of rotatable bonds is 7. The van der Waals surface area contributed by atoms with Crippen LogP contribution in [0.2, 0.25) is 0 Å². The third-order valence-electron chi connectivity index (χ3n) is 4.05. The molecular formula is C16H26BNO6. The molecule has 0 saturated carbocycles. The SMILES string of the molecule is Cc1cc([N+](=O)[O-])c(OC(C)C)cc1B(O)OC(C)(C)C(C)(C)O. The molecule has 0 aliphatic carbocycles. The van der Waals surface area contributed by atoms with Gasteiger partial charge in [-0.05, 0) is 65.6 Å². The van der Waals surface area contributed by atoms with E-state index in [1.807, 2.05) is 0 Å². The first-order valence-corrected chi connectivity index (χ1v) is 7.80. The molecule has 0 atom stereocenters. The molecular weight excluding hydrogens is 313 g/mol. The second kappa shape index (κ2) is 7.08. The van der Waals surface area contributed by atoms with Crippen molar-refractivity contribution in [3.05, 3.63) is 27.8 Å². The van der Waals surface area contributed by atoms with Crippen LogP contribution in [0.15, 0.2) is 12.1 Å². The van der Waals surface area contributed by atoms with Gasteiger partial charge in [-0.2, -0.15) is 0 Å². The van der Waals surface area contributed by atoms with Crippen molar-refractivity contribution in [1.29, 1.82) is 0 Å². The molecule has 0 aliphatic rings. The van der Waals surface area contributed by atoms with E-state index < -0.39 is 23.2 Å². The lowest BCUT2D eigenvalue weighted by atomic mass is 9.74. The van der Waals surface area contributed by atoms with E-state index in [1.165, 1.54) is 12.1 Å². The van der Waals surface area contributed by atoms with E-state index in [-0.39, 0.29) is 17.5 Å². The van der Waals surface area contributed by atoms with Gasteiger partial charge in [0.2, 0.25) is 0 Å². The van der Waals surface area contributed by atoms with Gasteiger partial charge in [0, 0.05) is 6.07 Å². The Hall–Kier alpha value is -1.64. The van der Waals surface area contributed by atoms with Crippen molar-refractivity contribution in [2.45, 2.75) is 65.8 Å². The third kappa shape index (κ3) is 4.69. The van der Waals surface area contributed by atoms with Crippen LogP contribution in [0.3, 0.4) is 0 Å². The minimum absolute atomic E-state index is 0.0688. The van der Waals surface area contributed by atoms with Crippen LogP contribution in [0.25, 0.3) is 0 Å². The van der Waals surface area contributed by atoms with Crippen LogP contribution in [0.5, 0.6) is 5.75 Å². The highest BCUT2D eigenvalue weighted by Gasteiger charge is 2.40. The second-order valence-electron chi connectivity index (χ2n) is 7.14. The summed E-state index contributed by atoms with van der Waals surface area (Å²) in [6.07, 6.45) is -0.259. The first kappa shape index (κ1) is 20.4. The van der Waals surface area contributed by atoms with Crippen molar-refractivity contribution < 1.29 is 24.4 Å². The van der Waals surface area contributed by atoms with Crippen molar-refractivity contribution in [3.63, 3.8) is 0 Å². The smallest absolute Gasteiger partial charge is 0.484 e. The van der Waals surface area contributed by atoms with Crippen molar-refractivity contribution in [2.24, 2.45) is 0 Å². The van der Waals surface area contributed by atoms with E-state index in [2.05, 4.69) is 0 Å². The molecule has 1 aromatic carbocycles. The van der Waals surface area contributed by atoms with Gasteiger partial charge in [-0.3, -0.25) is 10.1 Å². The lowest BCUT2D eigenvalue weighted by Crippen LogP contribution is -2.53. The standard InChI is InChI=1S/C16H26BNO6/c1-10(2)23-14-9-12(11(3)8-13(14)18(21)22)17(20)24-16(6,7)15(4,5)19/h8-10,19-20H,1-7H3. The quantitative estimate of drug-likeness (QED) is 0.447. The zero-order valence-electron chi connectivity index (χ0n) is 15.3. The molecule has 1 rings (SSSR count). The highest BCUT2D eigenvalue weighted by molar-refractivity contribution is 6.60. The van der Waals surface area contributed by atoms with E-state index in [0.29, 0.717) is 11.0 Å². The maximum Gasteiger partial charge on any atom is 0.492 e. The Labute approximate surface area is 142 Å². The Morgan fingerprint density at radius 1 is 1.25 bits per heavy atom. The lowest BCUT2D eigenvalue weighted by Gasteiger charge is -2.38. The Morgan fingerprint density at radius 3 is 2.21 bits per heavy atom. The molecule has 7 nitrogen and oxygen atoms in total. The van der Waals surface area contributed by atoms with Gasteiger partial charge in [-0.15, -0.1) is 0 Å². The van der Waals surface area contributed by atoms with Gasteiger partial charge in [0.25, 0.3) is 0 Å². The van der Waals surface area contributed by atoms with E-state index in [0.717, 1.165) is 0 Å². The van der Waals surface area contributed by atoms with Gasteiger partial charge in [0.15, 0.2) is 5.75 Å². The van der Waals surface area contributed by atoms with Gasteiger partial charge < -0.3 is 19.5 Å². The third-order valence-corrected chi connectivity index (χ3v) is 4.05. The zero-order valence-corrected chi connectivity index (χ0v) is 15.3. The summed E-state index contributed by atoms with van der Waals surface area (Å²) >= 11 is 0. The van der Waals surface area contributed by atoms with Crippen LogP contribution < -0.4 is 10.2 Å². The topological polar surface area (TPSA) is 102 Å². The minimum atomic E-state index is -1.36. The minimum Gasteiger partial charge on any atom is -0.484 e. The highest BCUT2D eigenvalue weighted by atomic mass is 16.6. The molecule has 0 fully saturated rings. The molecule has 24 heavy (non-hydrogen) atoms. The largest absolute Gasteiger partial charge is 0.492 e. The van der Waals surface area contributed by atoms with Crippen molar-refractivity contribution in [1.82, 2.24) is 0 Å². The molecule has 0 unspecified atom stereocenters. The number of nitro benzene ring substituents is 1. The number of hydrogen-bond acceptors (Lipinski definition) is 6. The molecule has 0 bridgehead atoms. The van der Waals surface area contributed by atoms with Crippen LogP contribution >= 0.6 is 0 Å². The maximum absolute atomic E-state index is 11.2. The van der Waals surface area contributed by atoms with Gasteiger partial charge >= 0.3 is 12.8 Å². The Morgan fingerprint density at radius 2 is 1.79 bits per heavy atom. The molecule has 8 heteroatoms. The fraction of sp³-hybridized carbons (Fsp3) is 0.625. The summed E-state index contributed by atoms with van der Waals surface area (Å²) < 4.78 is 11.1. The summed E-state index contributed by atoms with van der Waals surface area (Å²) in [6, 6.07) is 2.76. The number of hydrogen-bond donors (Lipinski definition) is 2. The van der Waals surface area contributed by atoms with Crippen molar-refractivity contribution in [2.75, 3.05) is 0 Å². The number of aliphatic hydroxyl groups is 1. The van der Waals surface area contributed by atoms with Crippen LogP contribution in [0.1, 0.15) is 47.1 Å². The summed E-state index contributed by atoms with van der Waals surface area (Å²) in [7, 11) is -1.36. The first-order chi connectivity index (χ1) is 10.8.